The summed E-state index contributed by atoms with van der Waals surface area (Å²) >= 11 is 0. The molecule has 40 heavy (non-hydrogen) atoms. The van der Waals surface area contributed by atoms with E-state index in [4.69, 9.17) is 9.47 Å². The van der Waals surface area contributed by atoms with Crippen LogP contribution in [0.2, 0.25) is 0 Å². The molecule has 2 aliphatic heterocycles. The van der Waals surface area contributed by atoms with Gasteiger partial charge in [-0.3, -0.25) is 9.80 Å². The monoisotopic (exact) mass is 565 g/mol. The van der Waals surface area contributed by atoms with E-state index >= 15 is 0 Å². The third kappa shape index (κ3) is 6.45. The van der Waals surface area contributed by atoms with Crippen LogP contribution < -0.4 is 19.4 Å². The van der Waals surface area contributed by atoms with Crippen LogP contribution in [-0.2, 0) is 4.79 Å². The molecule has 0 saturated carbocycles. The van der Waals surface area contributed by atoms with E-state index in [1.807, 2.05) is 11.8 Å². The van der Waals surface area contributed by atoms with E-state index in [0.717, 1.165) is 5.01 Å². The molecule has 218 valence electrons. The molecule has 1 saturated heterocycles. The van der Waals surface area contributed by atoms with Gasteiger partial charge in [-0.25, -0.2) is 4.39 Å². The molecule has 4 atom stereocenters. The quantitative estimate of drug-likeness (QED) is 0.356. The van der Waals surface area contributed by atoms with Crippen LogP contribution in [0.15, 0.2) is 47.6 Å². The van der Waals surface area contributed by atoms with Gasteiger partial charge in [0.2, 0.25) is 0 Å². The van der Waals surface area contributed by atoms with Crippen LogP contribution >= 0.6 is 0 Å². The fourth-order valence-corrected chi connectivity index (χ4v) is 5.49. The van der Waals surface area contributed by atoms with E-state index < -0.39 is 36.2 Å². The second-order valence-electron chi connectivity index (χ2n) is 10.6. The van der Waals surface area contributed by atoms with Crippen molar-refractivity contribution < 1.29 is 36.9 Å². The zero-order valence-corrected chi connectivity index (χ0v) is 23.0. The molecule has 0 bridgehead atoms. The highest BCUT2D eigenvalue weighted by atomic mass is 19.4. The van der Waals surface area contributed by atoms with Gasteiger partial charge >= 0.3 is 12.1 Å². The van der Waals surface area contributed by atoms with Gasteiger partial charge < -0.3 is 19.5 Å². The van der Waals surface area contributed by atoms with Crippen LogP contribution in [0.1, 0.15) is 40.5 Å². The minimum Gasteiger partial charge on any atom is -0.494 e. The Balaban J connectivity index is 1.49. The van der Waals surface area contributed by atoms with Gasteiger partial charge in [0, 0.05) is 37.4 Å². The zero-order chi connectivity index (χ0) is 29.2. The van der Waals surface area contributed by atoms with Gasteiger partial charge in [-0.05, 0) is 49.2 Å². The van der Waals surface area contributed by atoms with Crippen molar-refractivity contribution in [2.45, 2.75) is 58.9 Å². The Morgan fingerprint density at radius 2 is 1.82 bits per heavy atom. The Kier molecular flexibility index (Phi) is 8.80. The summed E-state index contributed by atoms with van der Waals surface area (Å²) in [4.78, 5) is 13.4. The highest BCUT2D eigenvalue weighted by Gasteiger charge is 2.48. The fourth-order valence-electron chi connectivity index (χ4n) is 5.49. The third-order valence-electron chi connectivity index (χ3n) is 7.62. The van der Waals surface area contributed by atoms with E-state index in [9.17, 15) is 27.5 Å². The second kappa shape index (κ2) is 11.9. The van der Waals surface area contributed by atoms with Gasteiger partial charge in [-0.2, -0.15) is 18.3 Å². The molecule has 2 aliphatic rings. The molecular weight excluding hydrogens is 530 g/mol. The first kappa shape index (κ1) is 29.5. The zero-order valence-electron chi connectivity index (χ0n) is 23.0. The average Bonchev–Trinajstić information content (AvgIpc) is 3.22. The van der Waals surface area contributed by atoms with Gasteiger partial charge in [0.05, 0.1) is 30.4 Å². The SMILES string of the molecule is CCOc1ccc(F)c(N2CCC(Oc3ccc(N4N=C(C(F)(F)F)C(C)C4CC(=O)O)cc3)C(C(C)C)C2)c1. The summed E-state index contributed by atoms with van der Waals surface area (Å²) in [5.41, 5.74) is -0.146. The molecule has 2 aromatic carbocycles. The Morgan fingerprint density at radius 3 is 2.42 bits per heavy atom. The molecule has 2 aromatic rings. The summed E-state index contributed by atoms with van der Waals surface area (Å²) in [6.45, 7) is 9.05. The van der Waals surface area contributed by atoms with Gasteiger partial charge in [-0.1, -0.05) is 20.8 Å². The van der Waals surface area contributed by atoms with E-state index in [0.29, 0.717) is 49.0 Å². The summed E-state index contributed by atoms with van der Waals surface area (Å²) < 4.78 is 67.1. The minimum absolute atomic E-state index is 0.0851. The largest absolute Gasteiger partial charge is 0.494 e. The maximum absolute atomic E-state index is 14.7. The van der Waals surface area contributed by atoms with Crippen molar-refractivity contribution in [1.29, 1.82) is 0 Å². The summed E-state index contributed by atoms with van der Waals surface area (Å²) in [6.07, 6.45) is -4.64. The summed E-state index contributed by atoms with van der Waals surface area (Å²) in [5.74, 6) is -1.12. The van der Waals surface area contributed by atoms with Crippen LogP contribution in [0.5, 0.6) is 11.5 Å². The molecule has 4 unspecified atom stereocenters. The van der Waals surface area contributed by atoms with E-state index in [1.165, 1.54) is 13.0 Å². The highest BCUT2D eigenvalue weighted by molar-refractivity contribution is 5.95. The minimum atomic E-state index is -4.65. The number of hydrazone groups is 1. The Bertz CT molecular complexity index is 1220. The number of anilines is 2. The first-order valence-electron chi connectivity index (χ1n) is 13.5. The van der Waals surface area contributed by atoms with Gasteiger partial charge in [0.1, 0.15) is 29.1 Å². The molecule has 4 rings (SSSR count). The van der Waals surface area contributed by atoms with Gasteiger partial charge in [-0.15, -0.1) is 0 Å². The van der Waals surface area contributed by atoms with Crippen LogP contribution in [0.4, 0.5) is 28.9 Å². The number of ether oxygens (including phenoxy) is 2. The number of rotatable bonds is 9. The number of nitrogens with zero attached hydrogens (tertiary/aromatic N) is 3. The first-order chi connectivity index (χ1) is 18.9. The van der Waals surface area contributed by atoms with Gasteiger partial charge in [0.25, 0.3) is 0 Å². The van der Waals surface area contributed by atoms with Crippen LogP contribution in [-0.4, -0.2) is 54.8 Å². The molecule has 0 spiro atoms. The Labute approximate surface area is 231 Å². The number of halogens is 4. The predicted octanol–water partition coefficient (Wildman–Crippen LogP) is 6.37. The molecule has 0 radical (unpaired) electrons. The Hall–Kier alpha value is -3.50. The standard InChI is InChI=1S/C29H35F4N3O4/c1-5-39-21-10-11-23(30)25(14-21)35-13-12-26(22(16-35)17(2)3)40-20-8-6-19(7-9-20)36-24(15-27(37)38)18(4)28(34-36)29(31,32)33/h6-11,14,17-18,22,24,26H,5,12-13,15-16H2,1-4H3,(H,37,38). The van der Waals surface area contributed by atoms with Crippen molar-refractivity contribution in [3.05, 3.63) is 48.3 Å². The first-order valence-corrected chi connectivity index (χ1v) is 13.5. The summed E-state index contributed by atoms with van der Waals surface area (Å²) in [6, 6.07) is 10.3. The summed E-state index contributed by atoms with van der Waals surface area (Å²) in [7, 11) is 0. The molecule has 2 heterocycles. The number of hydrogen-bond donors (Lipinski definition) is 1. The average molecular weight is 566 g/mol. The molecule has 0 amide bonds. The van der Waals surface area contributed by atoms with E-state index in [2.05, 4.69) is 18.9 Å². The number of carboxylic acids is 1. The van der Waals surface area contributed by atoms with Crippen LogP contribution in [0, 0.1) is 23.6 Å². The van der Waals surface area contributed by atoms with Crippen molar-refractivity contribution in [2.24, 2.45) is 22.9 Å². The predicted molar refractivity (Wildman–Crippen MR) is 145 cm³/mol. The molecule has 7 nitrogen and oxygen atoms in total. The Morgan fingerprint density at radius 1 is 1.15 bits per heavy atom. The fraction of sp³-hybridized carbons (Fsp3) is 0.517. The van der Waals surface area contributed by atoms with Gasteiger partial charge in [0.15, 0.2) is 0 Å². The molecular formula is C29H35F4N3O4. The van der Waals surface area contributed by atoms with Crippen molar-refractivity contribution in [3.63, 3.8) is 0 Å². The number of benzene rings is 2. The molecule has 0 aromatic heterocycles. The number of carboxylic acid groups (broad SMARTS) is 1. The van der Waals surface area contributed by atoms with Crippen molar-refractivity contribution >= 4 is 23.1 Å². The second-order valence-corrected chi connectivity index (χ2v) is 10.6. The van der Waals surface area contributed by atoms with Crippen molar-refractivity contribution in [2.75, 3.05) is 29.6 Å². The third-order valence-corrected chi connectivity index (χ3v) is 7.62. The molecule has 0 aliphatic carbocycles. The number of piperidine rings is 1. The number of hydrogen-bond acceptors (Lipinski definition) is 6. The highest BCUT2D eigenvalue weighted by Crippen LogP contribution is 2.38. The smallest absolute Gasteiger partial charge is 0.431 e. The van der Waals surface area contributed by atoms with Crippen LogP contribution in [0.25, 0.3) is 0 Å². The number of alkyl halides is 3. The summed E-state index contributed by atoms with van der Waals surface area (Å²) in [5, 5.41) is 14.2. The maximum Gasteiger partial charge on any atom is 0.431 e. The number of aliphatic carboxylic acids is 1. The van der Waals surface area contributed by atoms with E-state index in [1.54, 1.807) is 36.4 Å². The number of carbonyl (C=O) groups is 1. The lowest BCUT2D eigenvalue weighted by atomic mass is 9.85. The normalized spacial score (nSPS) is 23.4. The lowest BCUT2D eigenvalue weighted by molar-refractivity contribution is -0.137. The maximum atomic E-state index is 14.7. The topological polar surface area (TPSA) is 74.6 Å². The lowest BCUT2D eigenvalue weighted by Crippen LogP contribution is -2.48. The van der Waals surface area contributed by atoms with Crippen molar-refractivity contribution in [3.8, 4) is 11.5 Å². The van der Waals surface area contributed by atoms with Crippen molar-refractivity contribution in [1.82, 2.24) is 0 Å². The molecule has 11 heteroatoms. The van der Waals surface area contributed by atoms with Crippen LogP contribution in [0.3, 0.4) is 0 Å². The van der Waals surface area contributed by atoms with E-state index in [-0.39, 0.29) is 23.8 Å². The lowest BCUT2D eigenvalue weighted by Gasteiger charge is -2.41. The molecule has 1 fully saturated rings. The molecule has 1 N–H and O–H groups in total.